The molecule has 0 bridgehead atoms. The van der Waals surface area contributed by atoms with Crippen molar-refractivity contribution in [3.8, 4) is 0 Å². The number of aromatic nitrogens is 3. The first kappa shape index (κ1) is 11.1. The molecule has 2 aromatic rings. The third-order valence-electron chi connectivity index (χ3n) is 3.05. The molecule has 0 fully saturated rings. The normalized spacial score (nSPS) is 12.2. The van der Waals surface area contributed by atoms with Gasteiger partial charge in [-0.3, -0.25) is 0 Å². The maximum Gasteiger partial charge on any atom is 0.177 e. The molecule has 0 unspecified atom stereocenters. The van der Waals surface area contributed by atoms with Gasteiger partial charge in [-0.25, -0.2) is 9.97 Å². The lowest BCUT2D eigenvalue weighted by atomic mass is 9.86. The molecule has 0 aliphatic rings. The van der Waals surface area contributed by atoms with Gasteiger partial charge in [-0.1, -0.05) is 33.6 Å². The van der Waals surface area contributed by atoms with Crippen LogP contribution >= 0.6 is 0 Å². The smallest absolute Gasteiger partial charge is 0.177 e. The van der Waals surface area contributed by atoms with Gasteiger partial charge in [-0.05, 0) is 18.6 Å². The van der Waals surface area contributed by atoms with Crippen LogP contribution in [0.1, 0.15) is 45.9 Å². The topological polar surface area (TPSA) is 41.6 Å². The fraction of sp³-hybridized carbons (Fsp3) is 0.538. The van der Waals surface area contributed by atoms with Crippen LogP contribution in [0.4, 0.5) is 0 Å². The summed E-state index contributed by atoms with van der Waals surface area (Å²) in [6.45, 7) is 6.69. The van der Waals surface area contributed by atoms with Crippen molar-refractivity contribution in [1.29, 1.82) is 0 Å². The summed E-state index contributed by atoms with van der Waals surface area (Å²) < 4.78 is 0. The quantitative estimate of drug-likeness (QED) is 0.852. The molecule has 0 spiro atoms. The van der Waals surface area contributed by atoms with Gasteiger partial charge in [0.2, 0.25) is 0 Å². The molecule has 0 saturated carbocycles. The lowest BCUT2D eigenvalue weighted by Gasteiger charge is -2.21. The predicted octanol–water partition coefficient (Wildman–Crippen LogP) is 3.43. The van der Waals surface area contributed by atoms with Gasteiger partial charge >= 0.3 is 0 Å². The minimum Gasteiger partial charge on any atom is -0.340 e. The summed E-state index contributed by atoms with van der Waals surface area (Å²) in [4.78, 5) is 12.2. The van der Waals surface area contributed by atoms with Crippen molar-refractivity contribution in [3.63, 3.8) is 0 Å². The zero-order valence-electron chi connectivity index (χ0n) is 10.2. The Morgan fingerprint density at radius 1 is 1.38 bits per heavy atom. The number of unbranched alkanes of at least 4 members (excludes halogenated alkanes) is 1. The molecule has 2 rings (SSSR count). The number of aromatic amines is 1. The zero-order valence-corrected chi connectivity index (χ0v) is 10.2. The lowest BCUT2D eigenvalue weighted by molar-refractivity contribution is 0.436. The van der Waals surface area contributed by atoms with E-state index in [9.17, 15) is 0 Å². The lowest BCUT2D eigenvalue weighted by Crippen LogP contribution is -2.18. The number of hydrogen-bond donors (Lipinski definition) is 1. The van der Waals surface area contributed by atoms with Gasteiger partial charge < -0.3 is 4.98 Å². The van der Waals surface area contributed by atoms with E-state index >= 15 is 0 Å². The maximum absolute atomic E-state index is 4.57. The number of nitrogens with one attached hydrogen (secondary N) is 1. The predicted molar refractivity (Wildman–Crippen MR) is 66.4 cm³/mol. The Labute approximate surface area is 96.3 Å². The van der Waals surface area contributed by atoms with E-state index in [0.29, 0.717) is 0 Å². The van der Waals surface area contributed by atoms with Crippen LogP contribution in [0.3, 0.4) is 0 Å². The summed E-state index contributed by atoms with van der Waals surface area (Å²) >= 11 is 0. The van der Waals surface area contributed by atoms with E-state index in [4.69, 9.17) is 0 Å². The monoisotopic (exact) mass is 217 g/mol. The molecule has 86 valence electrons. The summed E-state index contributed by atoms with van der Waals surface area (Å²) in [5.74, 6) is 1.05. The summed E-state index contributed by atoms with van der Waals surface area (Å²) in [7, 11) is 0. The minimum atomic E-state index is 0.108. The second-order valence-corrected chi connectivity index (χ2v) is 4.95. The van der Waals surface area contributed by atoms with Gasteiger partial charge in [-0.15, -0.1) is 0 Å². The van der Waals surface area contributed by atoms with E-state index in [-0.39, 0.29) is 5.41 Å². The van der Waals surface area contributed by atoms with Crippen LogP contribution in [-0.2, 0) is 5.41 Å². The number of rotatable bonds is 4. The van der Waals surface area contributed by atoms with Crippen molar-refractivity contribution in [3.05, 3.63) is 24.2 Å². The van der Waals surface area contributed by atoms with Gasteiger partial charge in [0.15, 0.2) is 5.65 Å². The molecular formula is C13H19N3. The van der Waals surface area contributed by atoms with Crippen LogP contribution < -0.4 is 0 Å². The van der Waals surface area contributed by atoms with Crippen molar-refractivity contribution >= 4 is 11.2 Å². The van der Waals surface area contributed by atoms with Gasteiger partial charge in [-0.2, -0.15) is 0 Å². The fourth-order valence-corrected chi connectivity index (χ4v) is 1.90. The maximum atomic E-state index is 4.57. The highest BCUT2D eigenvalue weighted by atomic mass is 15.0. The first-order valence-corrected chi connectivity index (χ1v) is 5.95. The average molecular weight is 217 g/mol. The molecule has 3 nitrogen and oxygen atoms in total. The molecule has 0 aliphatic heterocycles. The van der Waals surface area contributed by atoms with E-state index in [0.717, 1.165) is 23.4 Å². The van der Waals surface area contributed by atoms with Crippen molar-refractivity contribution < 1.29 is 0 Å². The molecule has 0 radical (unpaired) electrons. The standard InChI is InChI=1S/C13H19N3/c1-4-5-8-13(2,3)12-15-10-7-6-9-14-11(10)16-12/h6-7,9H,4-5,8H2,1-3H3,(H,14,15,16). The van der Waals surface area contributed by atoms with Crippen LogP contribution in [0.2, 0.25) is 0 Å². The Kier molecular flexibility index (Phi) is 2.95. The molecule has 0 atom stereocenters. The van der Waals surface area contributed by atoms with Crippen LogP contribution in [0.5, 0.6) is 0 Å². The summed E-state index contributed by atoms with van der Waals surface area (Å²) in [5.41, 5.74) is 1.96. The van der Waals surface area contributed by atoms with Crippen molar-refractivity contribution in [2.45, 2.75) is 45.4 Å². The van der Waals surface area contributed by atoms with E-state index in [1.165, 1.54) is 12.8 Å². The Morgan fingerprint density at radius 2 is 2.19 bits per heavy atom. The Balaban J connectivity index is 2.31. The molecule has 1 N–H and O–H groups in total. The summed E-state index contributed by atoms with van der Waals surface area (Å²) in [6, 6.07) is 3.96. The molecule has 2 heterocycles. The molecule has 0 saturated heterocycles. The fourth-order valence-electron chi connectivity index (χ4n) is 1.90. The molecule has 2 aromatic heterocycles. The van der Waals surface area contributed by atoms with E-state index in [1.54, 1.807) is 6.20 Å². The number of pyridine rings is 1. The number of fused-ring (bicyclic) bond motifs is 1. The summed E-state index contributed by atoms with van der Waals surface area (Å²) in [5, 5.41) is 0. The average Bonchev–Trinajstić information content (AvgIpc) is 2.71. The molecule has 0 amide bonds. The Morgan fingerprint density at radius 3 is 2.88 bits per heavy atom. The SMILES string of the molecule is CCCCC(C)(C)c1nc2ncccc2[nH]1. The van der Waals surface area contributed by atoms with E-state index in [2.05, 4.69) is 35.7 Å². The molecular weight excluding hydrogens is 198 g/mol. The van der Waals surface area contributed by atoms with Gasteiger partial charge in [0, 0.05) is 11.6 Å². The second kappa shape index (κ2) is 4.24. The second-order valence-electron chi connectivity index (χ2n) is 4.95. The molecule has 0 aliphatic carbocycles. The van der Waals surface area contributed by atoms with E-state index < -0.39 is 0 Å². The van der Waals surface area contributed by atoms with Crippen molar-refractivity contribution in [1.82, 2.24) is 15.0 Å². The van der Waals surface area contributed by atoms with Crippen LogP contribution in [0.25, 0.3) is 11.2 Å². The Hall–Kier alpha value is -1.38. The largest absolute Gasteiger partial charge is 0.340 e. The number of hydrogen-bond acceptors (Lipinski definition) is 2. The number of imidazole rings is 1. The zero-order chi connectivity index (χ0) is 11.6. The van der Waals surface area contributed by atoms with E-state index in [1.807, 2.05) is 12.1 Å². The van der Waals surface area contributed by atoms with Crippen molar-refractivity contribution in [2.75, 3.05) is 0 Å². The first-order valence-electron chi connectivity index (χ1n) is 5.95. The van der Waals surface area contributed by atoms with Crippen LogP contribution in [0.15, 0.2) is 18.3 Å². The van der Waals surface area contributed by atoms with Gasteiger partial charge in [0.1, 0.15) is 5.82 Å². The highest BCUT2D eigenvalue weighted by Gasteiger charge is 2.23. The molecule has 3 heteroatoms. The molecule has 0 aromatic carbocycles. The molecule has 16 heavy (non-hydrogen) atoms. The number of nitrogens with zero attached hydrogens (tertiary/aromatic N) is 2. The van der Waals surface area contributed by atoms with Crippen LogP contribution in [-0.4, -0.2) is 15.0 Å². The minimum absolute atomic E-state index is 0.108. The Bertz CT molecular complexity index is 438. The summed E-state index contributed by atoms with van der Waals surface area (Å²) in [6.07, 6.45) is 5.40. The highest BCUT2D eigenvalue weighted by molar-refractivity contribution is 5.70. The third-order valence-corrected chi connectivity index (χ3v) is 3.05. The first-order chi connectivity index (χ1) is 7.63. The van der Waals surface area contributed by atoms with Gasteiger partial charge in [0.05, 0.1) is 5.52 Å². The highest BCUT2D eigenvalue weighted by Crippen LogP contribution is 2.27. The number of H-pyrrole nitrogens is 1. The van der Waals surface area contributed by atoms with Gasteiger partial charge in [0.25, 0.3) is 0 Å². The third kappa shape index (κ3) is 2.08. The van der Waals surface area contributed by atoms with Crippen molar-refractivity contribution in [2.24, 2.45) is 0 Å². The van der Waals surface area contributed by atoms with Crippen LogP contribution in [0, 0.1) is 0 Å².